The van der Waals surface area contributed by atoms with Gasteiger partial charge >= 0.3 is 0 Å². The third-order valence-corrected chi connectivity index (χ3v) is 3.76. The van der Waals surface area contributed by atoms with E-state index in [4.69, 9.17) is 4.74 Å². The third-order valence-electron chi connectivity index (χ3n) is 2.68. The van der Waals surface area contributed by atoms with Crippen LogP contribution in [-0.4, -0.2) is 19.2 Å². The number of ether oxygens (including phenoxy) is 1. The average Bonchev–Trinajstić information content (AvgIpc) is 2.47. The summed E-state index contributed by atoms with van der Waals surface area (Å²) in [6.07, 6.45) is 1.08. The van der Waals surface area contributed by atoms with Gasteiger partial charge in [-0.2, -0.15) is 0 Å². The maximum atomic E-state index is 5.75. The van der Waals surface area contributed by atoms with Crippen molar-refractivity contribution in [3.8, 4) is 5.75 Å². The molecular formula is C10H15NOS. The summed E-state index contributed by atoms with van der Waals surface area (Å²) in [6, 6.07) is 0. The van der Waals surface area contributed by atoms with E-state index in [0.717, 1.165) is 18.8 Å². The van der Waals surface area contributed by atoms with Crippen LogP contribution in [0.5, 0.6) is 5.75 Å². The smallest absolute Gasteiger partial charge is 0.136 e. The summed E-state index contributed by atoms with van der Waals surface area (Å²) < 4.78 is 5.75. The van der Waals surface area contributed by atoms with Gasteiger partial charge in [0.1, 0.15) is 12.4 Å². The Hall–Kier alpha value is -0.540. The molecule has 1 aromatic heterocycles. The molecule has 0 aromatic carbocycles. The van der Waals surface area contributed by atoms with Gasteiger partial charge in [-0.25, -0.2) is 0 Å². The Morgan fingerprint density at radius 2 is 2.38 bits per heavy atom. The number of thiophene rings is 1. The first kappa shape index (κ1) is 9.03. The van der Waals surface area contributed by atoms with E-state index in [9.17, 15) is 0 Å². The topological polar surface area (TPSA) is 21.3 Å². The van der Waals surface area contributed by atoms with Gasteiger partial charge in [-0.1, -0.05) is 0 Å². The molecule has 1 atom stereocenters. The van der Waals surface area contributed by atoms with Gasteiger partial charge in [0.15, 0.2) is 0 Å². The Bertz CT molecular complexity index is 321. The van der Waals surface area contributed by atoms with Gasteiger partial charge in [0.05, 0.1) is 5.54 Å². The first-order valence-corrected chi connectivity index (χ1v) is 5.41. The Kier molecular flexibility index (Phi) is 2.08. The first-order chi connectivity index (χ1) is 6.14. The van der Waals surface area contributed by atoms with Gasteiger partial charge in [0, 0.05) is 16.9 Å². The van der Waals surface area contributed by atoms with Gasteiger partial charge in [-0.3, -0.25) is 0 Å². The predicted octanol–water partition coefficient (Wildman–Crippen LogP) is 1.97. The fourth-order valence-corrected chi connectivity index (χ4v) is 2.76. The molecule has 1 aromatic rings. The number of rotatable bonds is 1. The zero-order chi connectivity index (χ0) is 9.47. The SMILES string of the molecule is CNC1(C)COc2c(C)csc2C1. The van der Waals surface area contributed by atoms with Crippen LogP contribution in [0.15, 0.2) is 5.38 Å². The fourth-order valence-electron chi connectivity index (χ4n) is 1.60. The quantitative estimate of drug-likeness (QED) is 0.743. The van der Waals surface area contributed by atoms with Gasteiger partial charge in [0.25, 0.3) is 0 Å². The normalized spacial score (nSPS) is 26.7. The number of fused-ring (bicyclic) bond motifs is 1. The summed E-state index contributed by atoms with van der Waals surface area (Å²) in [4.78, 5) is 1.38. The van der Waals surface area contributed by atoms with Crippen molar-refractivity contribution in [2.45, 2.75) is 25.8 Å². The molecule has 3 heteroatoms. The van der Waals surface area contributed by atoms with Crippen molar-refractivity contribution < 1.29 is 4.74 Å². The highest BCUT2D eigenvalue weighted by Gasteiger charge is 2.31. The van der Waals surface area contributed by atoms with E-state index in [1.54, 1.807) is 11.3 Å². The van der Waals surface area contributed by atoms with Crippen molar-refractivity contribution >= 4 is 11.3 Å². The van der Waals surface area contributed by atoms with Crippen molar-refractivity contribution in [1.82, 2.24) is 5.32 Å². The van der Waals surface area contributed by atoms with Gasteiger partial charge in [-0.15, -0.1) is 11.3 Å². The van der Waals surface area contributed by atoms with Crippen LogP contribution in [0.2, 0.25) is 0 Å². The molecule has 13 heavy (non-hydrogen) atoms. The fraction of sp³-hybridized carbons (Fsp3) is 0.600. The molecule has 0 saturated heterocycles. The Morgan fingerprint density at radius 3 is 3.08 bits per heavy atom. The standard InChI is InChI=1S/C10H15NOS/c1-7-5-13-8-4-10(2,11-3)6-12-9(7)8/h5,11H,4,6H2,1-3H3. The van der Waals surface area contributed by atoms with Crippen LogP contribution in [0.1, 0.15) is 17.4 Å². The summed E-state index contributed by atoms with van der Waals surface area (Å²) in [5, 5.41) is 5.48. The minimum absolute atomic E-state index is 0.115. The Morgan fingerprint density at radius 1 is 1.62 bits per heavy atom. The van der Waals surface area contributed by atoms with E-state index in [-0.39, 0.29) is 5.54 Å². The number of nitrogens with one attached hydrogen (secondary N) is 1. The highest BCUT2D eigenvalue weighted by molar-refractivity contribution is 7.10. The molecule has 2 heterocycles. The molecule has 1 unspecified atom stereocenters. The molecule has 0 radical (unpaired) electrons. The molecule has 0 fully saturated rings. The molecule has 0 bridgehead atoms. The van der Waals surface area contributed by atoms with Crippen LogP contribution in [0.4, 0.5) is 0 Å². The molecule has 0 saturated carbocycles. The third kappa shape index (κ3) is 1.46. The second-order valence-corrected chi connectivity index (χ2v) is 4.91. The van der Waals surface area contributed by atoms with Gasteiger partial charge in [0.2, 0.25) is 0 Å². The van der Waals surface area contributed by atoms with Gasteiger partial charge in [-0.05, 0) is 26.3 Å². The number of hydrogen-bond acceptors (Lipinski definition) is 3. The lowest BCUT2D eigenvalue weighted by molar-refractivity contribution is 0.179. The molecule has 2 rings (SSSR count). The van der Waals surface area contributed by atoms with Crippen LogP contribution >= 0.6 is 11.3 Å². The maximum Gasteiger partial charge on any atom is 0.136 e. The van der Waals surface area contributed by atoms with E-state index in [1.165, 1.54) is 10.4 Å². The zero-order valence-electron chi connectivity index (χ0n) is 8.31. The summed E-state index contributed by atoms with van der Waals surface area (Å²) in [7, 11) is 1.99. The molecule has 1 aliphatic heterocycles. The Balaban J connectivity index is 2.30. The minimum Gasteiger partial charge on any atom is -0.490 e. The lowest BCUT2D eigenvalue weighted by atomic mass is 9.95. The number of likely N-dealkylation sites (N-methyl/N-ethyl adjacent to an activating group) is 1. The van der Waals surface area contributed by atoms with Crippen LogP contribution < -0.4 is 10.1 Å². The summed E-state index contributed by atoms with van der Waals surface area (Å²) in [6.45, 7) is 5.08. The summed E-state index contributed by atoms with van der Waals surface area (Å²) in [5.41, 5.74) is 1.39. The molecule has 0 spiro atoms. The zero-order valence-corrected chi connectivity index (χ0v) is 9.12. The highest BCUT2D eigenvalue weighted by atomic mass is 32.1. The summed E-state index contributed by atoms with van der Waals surface area (Å²) >= 11 is 1.80. The monoisotopic (exact) mass is 197 g/mol. The van der Waals surface area contributed by atoms with Crippen LogP contribution in [0.3, 0.4) is 0 Å². The molecule has 1 N–H and O–H groups in total. The largest absolute Gasteiger partial charge is 0.490 e. The number of hydrogen-bond donors (Lipinski definition) is 1. The Labute approximate surface area is 82.9 Å². The van der Waals surface area contributed by atoms with E-state index in [2.05, 4.69) is 24.5 Å². The molecule has 1 aliphatic rings. The van der Waals surface area contributed by atoms with Crippen molar-refractivity contribution in [1.29, 1.82) is 0 Å². The van der Waals surface area contributed by atoms with Crippen LogP contribution in [0.25, 0.3) is 0 Å². The van der Waals surface area contributed by atoms with Crippen LogP contribution in [-0.2, 0) is 6.42 Å². The first-order valence-electron chi connectivity index (χ1n) is 4.53. The van der Waals surface area contributed by atoms with Crippen molar-refractivity contribution in [2.24, 2.45) is 0 Å². The summed E-state index contributed by atoms with van der Waals surface area (Å²) in [5.74, 6) is 1.12. The lowest BCUT2D eigenvalue weighted by Crippen LogP contribution is -2.49. The van der Waals surface area contributed by atoms with Gasteiger partial charge < -0.3 is 10.1 Å². The molecule has 72 valence electrons. The van der Waals surface area contributed by atoms with Crippen molar-refractivity contribution in [3.05, 3.63) is 15.8 Å². The second kappa shape index (κ2) is 3.00. The highest BCUT2D eigenvalue weighted by Crippen LogP contribution is 2.36. The van der Waals surface area contributed by atoms with Crippen molar-refractivity contribution in [3.63, 3.8) is 0 Å². The lowest BCUT2D eigenvalue weighted by Gasteiger charge is -2.33. The predicted molar refractivity (Wildman–Crippen MR) is 55.7 cm³/mol. The number of aryl methyl sites for hydroxylation is 1. The van der Waals surface area contributed by atoms with Crippen LogP contribution in [0, 0.1) is 6.92 Å². The van der Waals surface area contributed by atoms with E-state index in [0.29, 0.717) is 0 Å². The van der Waals surface area contributed by atoms with E-state index < -0.39 is 0 Å². The molecular weight excluding hydrogens is 182 g/mol. The molecule has 0 aliphatic carbocycles. The van der Waals surface area contributed by atoms with E-state index >= 15 is 0 Å². The second-order valence-electron chi connectivity index (χ2n) is 3.95. The maximum absolute atomic E-state index is 5.75. The average molecular weight is 197 g/mol. The molecule has 0 amide bonds. The van der Waals surface area contributed by atoms with Crippen molar-refractivity contribution in [2.75, 3.05) is 13.7 Å². The minimum atomic E-state index is 0.115. The van der Waals surface area contributed by atoms with E-state index in [1.807, 2.05) is 7.05 Å². The molecule has 2 nitrogen and oxygen atoms in total.